The van der Waals surface area contributed by atoms with E-state index in [1.165, 1.54) is 0 Å². The normalized spacial score (nSPS) is 9.51. The maximum atomic E-state index is 6.48. The maximum Gasteiger partial charge on any atom is 0.129 e. The smallest absolute Gasteiger partial charge is 0.129 e. The van der Waals surface area contributed by atoms with Gasteiger partial charge in [0.15, 0.2) is 0 Å². The Balaban J connectivity index is 1.38. The molecule has 45 heavy (non-hydrogen) atoms. The van der Waals surface area contributed by atoms with Gasteiger partial charge in [-0.15, -0.1) is 0 Å². The molecule has 0 unspecified atom stereocenters. The zero-order chi connectivity index (χ0) is 30.5. The van der Waals surface area contributed by atoms with Gasteiger partial charge < -0.3 is 4.74 Å². The van der Waals surface area contributed by atoms with Crippen molar-refractivity contribution in [3.05, 3.63) is 202 Å². The van der Waals surface area contributed by atoms with Crippen molar-refractivity contribution in [3.63, 3.8) is 0 Å². The van der Waals surface area contributed by atoms with Gasteiger partial charge in [0.1, 0.15) is 11.5 Å². The van der Waals surface area contributed by atoms with Crippen LogP contribution in [0.25, 0.3) is 0 Å². The molecule has 0 aliphatic carbocycles. The predicted octanol–water partition coefficient (Wildman–Crippen LogP) is 9.08. The van der Waals surface area contributed by atoms with E-state index in [0.717, 1.165) is 44.5 Å². The highest BCUT2D eigenvalue weighted by atomic mass is 16.5. The number of benzene rings is 6. The second-order valence-corrected chi connectivity index (χ2v) is 10.1. The zero-order valence-electron chi connectivity index (χ0n) is 24.4. The molecule has 1 heteroatoms. The van der Waals surface area contributed by atoms with Gasteiger partial charge in [-0.05, 0) is 84.9 Å². The fraction of sp³-hybridized carbons (Fsp3) is 0. The molecule has 0 bridgehead atoms. The average molecular weight is 571 g/mol. The summed E-state index contributed by atoms with van der Waals surface area (Å²) < 4.78 is 6.48. The number of ether oxygens (including phenoxy) is 1. The van der Waals surface area contributed by atoms with Crippen molar-refractivity contribution in [1.82, 2.24) is 0 Å². The molecule has 0 saturated carbocycles. The molecule has 0 N–H and O–H groups in total. The standard InChI is InChI=1S/C44H26O/c1-5-13-35(14-6-1)21-25-39-29-40(26-22-36-15-7-2-8-16-36)32-43(31-39)45-44-33-41(27-23-37-17-9-3-10-18-37)30-42(34-44)28-24-38-19-11-4-12-20-38/h1-20,29-34H. The number of hydrogen-bond acceptors (Lipinski definition) is 1. The highest BCUT2D eigenvalue weighted by molar-refractivity contribution is 5.56. The summed E-state index contributed by atoms with van der Waals surface area (Å²) >= 11 is 0. The molecule has 0 saturated heterocycles. The number of hydrogen-bond donors (Lipinski definition) is 0. The van der Waals surface area contributed by atoms with E-state index in [0.29, 0.717) is 11.5 Å². The van der Waals surface area contributed by atoms with Crippen LogP contribution in [0.1, 0.15) is 44.5 Å². The minimum absolute atomic E-state index is 0.627. The Labute approximate surface area is 265 Å². The summed E-state index contributed by atoms with van der Waals surface area (Å²) in [5.41, 5.74) is 6.96. The molecule has 0 amide bonds. The van der Waals surface area contributed by atoms with Crippen molar-refractivity contribution in [2.75, 3.05) is 0 Å². The van der Waals surface area contributed by atoms with Crippen molar-refractivity contribution in [1.29, 1.82) is 0 Å². The Morgan fingerprint density at radius 2 is 0.467 bits per heavy atom. The van der Waals surface area contributed by atoms with Gasteiger partial charge in [0.05, 0.1) is 0 Å². The van der Waals surface area contributed by atoms with Crippen LogP contribution in [0.15, 0.2) is 158 Å². The van der Waals surface area contributed by atoms with Crippen LogP contribution in [0.3, 0.4) is 0 Å². The second kappa shape index (κ2) is 14.5. The molecule has 0 aliphatic rings. The fourth-order valence-corrected chi connectivity index (χ4v) is 4.40. The Kier molecular flexibility index (Phi) is 9.18. The lowest BCUT2D eigenvalue weighted by Gasteiger charge is -2.09. The molecule has 0 aliphatic heterocycles. The van der Waals surface area contributed by atoms with E-state index < -0.39 is 0 Å². The topological polar surface area (TPSA) is 9.23 Å². The first-order valence-electron chi connectivity index (χ1n) is 14.5. The first kappa shape index (κ1) is 28.5. The first-order valence-corrected chi connectivity index (χ1v) is 14.5. The van der Waals surface area contributed by atoms with E-state index in [1.807, 2.05) is 158 Å². The third-order valence-electron chi connectivity index (χ3n) is 6.55. The summed E-state index contributed by atoms with van der Waals surface area (Å²) in [6.45, 7) is 0. The summed E-state index contributed by atoms with van der Waals surface area (Å²) in [6, 6.07) is 51.4. The van der Waals surface area contributed by atoms with Crippen LogP contribution >= 0.6 is 0 Å². The highest BCUT2D eigenvalue weighted by Gasteiger charge is 2.05. The fourth-order valence-electron chi connectivity index (χ4n) is 4.40. The molecule has 0 atom stereocenters. The molecule has 1 nitrogen and oxygen atoms in total. The van der Waals surface area contributed by atoms with Crippen molar-refractivity contribution < 1.29 is 4.74 Å². The van der Waals surface area contributed by atoms with Gasteiger partial charge in [0, 0.05) is 44.5 Å². The van der Waals surface area contributed by atoms with Gasteiger partial charge in [-0.2, -0.15) is 0 Å². The molecule has 6 aromatic carbocycles. The summed E-state index contributed by atoms with van der Waals surface area (Å²) in [5.74, 6) is 27.4. The average Bonchev–Trinajstić information content (AvgIpc) is 3.10. The molecular formula is C44H26O. The van der Waals surface area contributed by atoms with E-state index in [4.69, 9.17) is 4.74 Å². The van der Waals surface area contributed by atoms with Crippen LogP contribution in [0.5, 0.6) is 11.5 Å². The Morgan fingerprint density at radius 1 is 0.244 bits per heavy atom. The van der Waals surface area contributed by atoms with Crippen molar-refractivity contribution in [2.24, 2.45) is 0 Å². The molecule has 0 radical (unpaired) electrons. The third-order valence-corrected chi connectivity index (χ3v) is 6.55. The molecular weight excluding hydrogens is 544 g/mol. The van der Waals surface area contributed by atoms with E-state index in [9.17, 15) is 0 Å². The zero-order valence-corrected chi connectivity index (χ0v) is 24.4. The summed E-state index contributed by atoms with van der Waals surface area (Å²) in [5, 5.41) is 0. The van der Waals surface area contributed by atoms with Crippen LogP contribution < -0.4 is 4.74 Å². The van der Waals surface area contributed by atoms with Crippen molar-refractivity contribution >= 4 is 0 Å². The maximum absolute atomic E-state index is 6.48. The monoisotopic (exact) mass is 570 g/mol. The second-order valence-electron chi connectivity index (χ2n) is 10.1. The van der Waals surface area contributed by atoms with E-state index in [2.05, 4.69) is 47.4 Å². The van der Waals surface area contributed by atoms with Gasteiger partial charge in [0.25, 0.3) is 0 Å². The lowest BCUT2D eigenvalue weighted by molar-refractivity contribution is 0.482. The van der Waals surface area contributed by atoms with Crippen LogP contribution in [0.2, 0.25) is 0 Å². The lowest BCUT2D eigenvalue weighted by Crippen LogP contribution is -1.91. The SMILES string of the molecule is C(#Cc1cc(C#Cc2ccccc2)cc(Oc2cc(C#Cc3ccccc3)cc(C#Cc3ccccc3)c2)c1)c1ccccc1. The van der Waals surface area contributed by atoms with E-state index >= 15 is 0 Å². The largest absolute Gasteiger partial charge is 0.457 e. The Bertz CT molecular complexity index is 1860. The quantitative estimate of drug-likeness (QED) is 0.189. The van der Waals surface area contributed by atoms with E-state index in [-0.39, 0.29) is 0 Å². The van der Waals surface area contributed by atoms with Gasteiger partial charge in [-0.1, -0.05) is 120 Å². The molecule has 0 heterocycles. The molecule has 0 aromatic heterocycles. The Morgan fingerprint density at radius 3 is 0.711 bits per heavy atom. The number of rotatable bonds is 2. The van der Waals surface area contributed by atoms with Crippen LogP contribution in [-0.4, -0.2) is 0 Å². The van der Waals surface area contributed by atoms with Gasteiger partial charge in [-0.25, -0.2) is 0 Å². The van der Waals surface area contributed by atoms with E-state index in [1.54, 1.807) is 0 Å². The van der Waals surface area contributed by atoms with Crippen molar-refractivity contribution in [3.8, 4) is 58.9 Å². The summed E-state index contributed by atoms with van der Waals surface area (Å²) in [7, 11) is 0. The van der Waals surface area contributed by atoms with Crippen LogP contribution in [-0.2, 0) is 0 Å². The molecule has 208 valence electrons. The molecule has 6 aromatic rings. The first-order chi connectivity index (χ1) is 22.2. The minimum Gasteiger partial charge on any atom is -0.457 e. The van der Waals surface area contributed by atoms with Gasteiger partial charge in [-0.3, -0.25) is 0 Å². The lowest BCUT2D eigenvalue weighted by atomic mass is 10.1. The summed E-state index contributed by atoms with van der Waals surface area (Å²) in [6.07, 6.45) is 0. The van der Waals surface area contributed by atoms with Gasteiger partial charge in [0.2, 0.25) is 0 Å². The molecule has 0 fully saturated rings. The highest BCUT2D eigenvalue weighted by Crippen LogP contribution is 2.26. The Hall–Kier alpha value is -6.64. The van der Waals surface area contributed by atoms with Crippen LogP contribution in [0.4, 0.5) is 0 Å². The third kappa shape index (κ3) is 8.68. The van der Waals surface area contributed by atoms with Crippen molar-refractivity contribution in [2.45, 2.75) is 0 Å². The molecule has 0 spiro atoms. The summed E-state index contributed by atoms with van der Waals surface area (Å²) in [4.78, 5) is 0. The minimum atomic E-state index is 0.627. The van der Waals surface area contributed by atoms with Crippen LogP contribution in [0, 0.1) is 47.4 Å². The van der Waals surface area contributed by atoms with Gasteiger partial charge >= 0.3 is 0 Å². The predicted molar refractivity (Wildman–Crippen MR) is 183 cm³/mol. The molecule has 6 rings (SSSR count).